The molecular formula is C31H41N3O6. The maximum absolute atomic E-state index is 13.5. The molecule has 1 aliphatic carbocycles. The van der Waals surface area contributed by atoms with Crippen LogP contribution in [0.2, 0.25) is 0 Å². The van der Waals surface area contributed by atoms with E-state index in [9.17, 15) is 29.4 Å². The van der Waals surface area contributed by atoms with E-state index in [-0.39, 0.29) is 36.2 Å². The second-order valence-corrected chi connectivity index (χ2v) is 11.1. The van der Waals surface area contributed by atoms with E-state index < -0.39 is 29.9 Å². The van der Waals surface area contributed by atoms with Crippen LogP contribution in [-0.2, 0) is 32.0 Å². The van der Waals surface area contributed by atoms with E-state index in [4.69, 9.17) is 0 Å². The normalized spacial score (nSPS) is 16.0. The van der Waals surface area contributed by atoms with E-state index >= 15 is 0 Å². The summed E-state index contributed by atoms with van der Waals surface area (Å²) in [6, 6.07) is 10.1. The number of aldehydes is 1. The molecule has 1 unspecified atom stereocenters. The summed E-state index contributed by atoms with van der Waals surface area (Å²) in [5.41, 5.74) is 1.51. The topological polar surface area (TPSA) is 145 Å². The van der Waals surface area contributed by atoms with Crippen molar-refractivity contribution in [3.8, 4) is 11.5 Å². The molecule has 0 spiro atoms. The van der Waals surface area contributed by atoms with Gasteiger partial charge in [0.05, 0.1) is 6.04 Å². The highest BCUT2D eigenvalue weighted by molar-refractivity contribution is 5.93. The molecule has 2 aromatic rings. The zero-order chi connectivity index (χ0) is 29.1. The largest absolute Gasteiger partial charge is 0.508 e. The van der Waals surface area contributed by atoms with E-state index in [1.165, 1.54) is 30.7 Å². The van der Waals surface area contributed by atoms with Gasteiger partial charge < -0.3 is 31.0 Å². The third kappa shape index (κ3) is 9.70. The minimum Gasteiger partial charge on any atom is -0.508 e. The number of nitrogens with one attached hydrogen (secondary N) is 3. The molecular weight excluding hydrogens is 510 g/mol. The molecule has 0 aliphatic heterocycles. The fourth-order valence-corrected chi connectivity index (χ4v) is 5.06. The first kappa shape index (κ1) is 30.7. The van der Waals surface area contributed by atoms with Gasteiger partial charge in [-0.05, 0) is 66.5 Å². The Hall–Kier alpha value is -3.88. The van der Waals surface area contributed by atoms with Gasteiger partial charge in [0.25, 0.3) is 0 Å². The minimum atomic E-state index is -0.938. The van der Waals surface area contributed by atoms with Crippen LogP contribution >= 0.6 is 0 Å². The van der Waals surface area contributed by atoms with E-state index in [1.807, 2.05) is 0 Å². The van der Waals surface area contributed by atoms with Crippen molar-refractivity contribution in [2.24, 2.45) is 11.8 Å². The zero-order valence-corrected chi connectivity index (χ0v) is 23.3. The molecule has 0 bridgehead atoms. The molecule has 9 heteroatoms. The summed E-state index contributed by atoms with van der Waals surface area (Å²) >= 11 is 0. The highest BCUT2D eigenvalue weighted by Crippen LogP contribution is 2.26. The lowest BCUT2D eigenvalue weighted by atomic mass is 9.86. The summed E-state index contributed by atoms with van der Waals surface area (Å²) in [6.45, 7) is 3.58. The molecule has 2 aromatic carbocycles. The first-order valence-corrected chi connectivity index (χ1v) is 14.1. The number of carbonyl (C=O) groups excluding carboxylic acids is 4. The lowest BCUT2D eigenvalue weighted by Gasteiger charge is -2.27. The summed E-state index contributed by atoms with van der Waals surface area (Å²) in [6.07, 6.45) is 6.81. The summed E-state index contributed by atoms with van der Waals surface area (Å²) < 4.78 is 0. The third-order valence-electron chi connectivity index (χ3n) is 7.36. The average molecular weight is 552 g/mol. The van der Waals surface area contributed by atoms with E-state index in [2.05, 4.69) is 16.0 Å². The Kier molecular flexibility index (Phi) is 11.5. The lowest BCUT2D eigenvalue weighted by Crippen LogP contribution is -2.57. The van der Waals surface area contributed by atoms with Gasteiger partial charge in [0, 0.05) is 12.8 Å². The summed E-state index contributed by atoms with van der Waals surface area (Å²) in [5, 5.41) is 27.5. The number of benzene rings is 2. The highest BCUT2D eigenvalue weighted by Gasteiger charge is 2.30. The molecule has 40 heavy (non-hydrogen) atoms. The second kappa shape index (κ2) is 15.1. The number of phenols is 2. The molecule has 216 valence electrons. The van der Waals surface area contributed by atoms with Crippen LogP contribution in [0, 0.1) is 11.8 Å². The van der Waals surface area contributed by atoms with Crippen molar-refractivity contribution in [3.05, 3.63) is 59.7 Å². The van der Waals surface area contributed by atoms with Gasteiger partial charge in [-0.25, -0.2) is 0 Å². The van der Waals surface area contributed by atoms with E-state index in [0.717, 1.165) is 36.8 Å². The van der Waals surface area contributed by atoms with Crippen LogP contribution in [0.1, 0.15) is 63.5 Å². The Morgan fingerprint density at radius 3 is 1.88 bits per heavy atom. The maximum Gasteiger partial charge on any atom is 0.243 e. The van der Waals surface area contributed by atoms with Gasteiger partial charge in [0.15, 0.2) is 0 Å². The van der Waals surface area contributed by atoms with Crippen molar-refractivity contribution in [1.82, 2.24) is 16.0 Å². The lowest BCUT2D eigenvalue weighted by molar-refractivity contribution is -0.133. The smallest absolute Gasteiger partial charge is 0.243 e. The van der Waals surface area contributed by atoms with E-state index in [0.29, 0.717) is 18.6 Å². The van der Waals surface area contributed by atoms with Crippen molar-refractivity contribution >= 4 is 24.0 Å². The minimum absolute atomic E-state index is 0.0969. The standard InChI is InChI=1S/C31H41N3O6/c1-20(2)29(31(40)32-24(19-35)16-22-8-12-25(36)13-9-22)34-30(39)27(17-23-10-14-26(37)15-11-23)33-28(38)18-21-6-4-3-5-7-21/h8-15,19-21,24,27,29,36-37H,3-7,16-18H2,1-2H3,(H,32,40)(H,33,38)(H,34,39)/t24?,27-,29-/m0/s1. The molecule has 0 aromatic heterocycles. The molecule has 3 atom stereocenters. The van der Waals surface area contributed by atoms with Gasteiger partial charge >= 0.3 is 0 Å². The first-order chi connectivity index (χ1) is 19.1. The molecule has 0 radical (unpaired) electrons. The molecule has 1 saturated carbocycles. The number of hydrogen-bond donors (Lipinski definition) is 5. The van der Waals surface area contributed by atoms with Crippen LogP contribution in [0.4, 0.5) is 0 Å². The molecule has 5 N–H and O–H groups in total. The number of hydrogen-bond acceptors (Lipinski definition) is 6. The van der Waals surface area contributed by atoms with Crippen molar-refractivity contribution < 1.29 is 29.4 Å². The van der Waals surface area contributed by atoms with Crippen molar-refractivity contribution in [2.75, 3.05) is 0 Å². The number of aromatic hydroxyl groups is 2. The summed E-state index contributed by atoms with van der Waals surface area (Å²) in [7, 11) is 0. The van der Waals surface area contributed by atoms with Crippen molar-refractivity contribution in [1.29, 1.82) is 0 Å². The molecule has 1 fully saturated rings. The van der Waals surface area contributed by atoms with Crippen LogP contribution in [0.25, 0.3) is 0 Å². The number of rotatable bonds is 13. The Labute approximate surface area is 235 Å². The van der Waals surface area contributed by atoms with E-state index in [1.54, 1.807) is 38.1 Å². The number of amides is 3. The van der Waals surface area contributed by atoms with Crippen LogP contribution in [0.3, 0.4) is 0 Å². The molecule has 0 heterocycles. The van der Waals surface area contributed by atoms with Gasteiger partial charge in [-0.1, -0.05) is 57.4 Å². The fraction of sp³-hybridized carbons (Fsp3) is 0.484. The van der Waals surface area contributed by atoms with Crippen LogP contribution in [-0.4, -0.2) is 52.3 Å². The van der Waals surface area contributed by atoms with Gasteiger partial charge in [0.2, 0.25) is 17.7 Å². The number of phenolic OH excluding ortho intramolecular Hbond substituents is 2. The highest BCUT2D eigenvalue weighted by atomic mass is 16.3. The number of carbonyl (C=O) groups is 4. The quantitative estimate of drug-likeness (QED) is 0.242. The molecule has 9 nitrogen and oxygen atoms in total. The predicted octanol–water partition coefficient (Wildman–Crippen LogP) is 3.16. The fourth-order valence-electron chi connectivity index (χ4n) is 5.06. The maximum atomic E-state index is 13.5. The summed E-state index contributed by atoms with van der Waals surface area (Å²) in [4.78, 5) is 51.4. The van der Waals surface area contributed by atoms with Gasteiger partial charge in [-0.2, -0.15) is 0 Å². The SMILES string of the molecule is CC(C)[C@H](NC(=O)[C@H](Cc1ccc(O)cc1)NC(=O)CC1CCCCC1)C(=O)NC(C=O)Cc1ccc(O)cc1. The predicted molar refractivity (Wildman–Crippen MR) is 152 cm³/mol. The molecule has 1 aliphatic rings. The van der Waals surface area contributed by atoms with Gasteiger partial charge in [-0.15, -0.1) is 0 Å². The van der Waals surface area contributed by atoms with Gasteiger partial charge in [0.1, 0.15) is 29.9 Å². The zero-order valence-electron chi connectivity index (χ0n) is 23.3. The van der Waals surface area contributed by atoms with Gasteiger partial charge in [-0.3, -0.25) is 14.4 Å². The second-order valence-electron chi connectivity index (χ2n) is 11.1. The third-order valence-corrected chi connectivity index (χ3v) is 7.36. The van der Waals surface area contributed by atoms with Crippen molar-refractivity contribution in [3.63, 3.8) is 0 Å². The molecule has 3 rings (SSSR count). The van der Waals surface area contributed by atoms with Crippen molar-refractivity contribution in [2.45, 2.75) is 83.3 Å². The Balaban J connectivity index is 1.69. The first-order valence-electron chi connectivity index (χ1n) is 14.1. The average Bonchev–Trinajstić information content (AvgIpc) is 2.93. The Bertz CT molecular complexity index is 1130. The molecule has 3 amide bonds. The van der Waals surface area contributed by atoms with Crippen LogP contribution in [0.15, 0.2) is 48.5 Å². The van der Waals surface area contributed by atoms with Crippen LogP contribution < -0.4 is 16.0 Å². The Morgan fingerprint density at radius 2 is 1.35 bits per heavy atom. The Morgan fingerprint density at radius 1 is 0.800 bits per heavy atom. The summed E-state index contributed by atoms with van der Waals surface area (Å²) in [5.74, 6) is -1.00. The monoisotopic (exact) mass is 551 g/mol. The van der Waals surface area contributed by atoms with Crippen LogP contribution in [0.5, 0.6) is 11.5 Å². The molecule has 0 saturated heterocycles.